The summed E-state index contributed by atoms with van der Waals surface area (Å²) in [5.41, 5.74) is 0.197. The zero-order valence-electron chi connectivity index (χ0n) is 10.2. The van der Waals surface area contributed by atoms with Crippen LogP contribution >= 0.6 is 0 Å². The Balaban J connectivity index is 2.80. The van der Waals surface area contributed by atoms with Gasteiger partial charge in [-0.3, -0.25) is 0 Å². The standard InChI is InChI=1S/C12H20N2O/c1-9(12(2,3)4)14-11-10(15-5)7-6-8-13-11/h6-9H,1-5H3,(H,13,14). The minimum atomic E-state index is 0.197. The van der Waals surface area contributed by atoms with Gasteiger partial charge in [-0.15, -0.1) is 0 Å². The lowest BCUT2D eigenvalue weighted by molar-refractivity contribution is 0.356. The van der Waals surface area contributed by atoms with Crippen molar-refractivity contribution >= 4 is 5.82 Å². The van der Waals surface area contributed by atoms with Crippen LogP contribution in [0.15, 0.2) is 18.3 Å². The summed E-state index contributed by atoms with van der Waals surface area (Å²) in [6, 6.07) is 4.11. The van der Waals surface area contributed by atoms with Crippen LogP contribution in [0.25, 0.3) is 0 Å². The number of rotatable bonds is 3. The third-order valence-corrected chi connectivity index (χ3v) is 2.64. The topological polar surface area (TPSA) is 34.1 Å². The number of nitrogens with zero attached hydrogens (tertiary/aromatic N) is 1. The second-order valence-electron chi connectivity index (χ2n) is 4.79. The van der Waals surface area contributed by atoms with Gasteiger partial charge >= 0.3 is 0 Å². The fourth-order valence-electron chi connectivity index (χ4n) is 1.09. The Morgan fingerprint density at radius 2 is 2.07 bits per heavy atom. The first-order valence-corrected chi connectivity index (χ1v) is 5.20. The van der Waals surface area contributed by atoms with Crippen LogP contribution in [0.4, 0.5) is 5.82 Å². The Labute approximate surface area is 91.9 Å². The maximum absolute atomic E-state index is 5.23. The predicted octanol–water partition coefficient (Wildman–Crippen LogP) is 2.94. The van der Waals surface area contributed by atoms with Gasteiger partial charge in [0.15, 0.2) is 11.6 Å². The molecule has 15 heavy (non-hydrogen) atoms. The third kappa shape index (κ3) is 3.11. The smallest absolute Gasteiger partial charge is 0.168 e. The van der Waals surface area contributed by atoms with Gasteiger partial charge in [-0.25, -0.2) is 4.98 Å². The fourth-order valence-corrected chi connectivity index (χ4v) is 1.09. The van der Waals surface area contributed by atoms with Gasteiger partial charge < -0.3 is 10.1 Å². The molecule has 0 amide bonds. The number of anilines is 1. The van der Waals surface area contributed by atoms with E-state index in [2.05, 4.69) is 38.0 Å². The van der Waals surface area contributed by atoms with Crippen molar-refractivity contribution in [2.24, 2.45) is 5.41 Å². The Morgan fingerprint density at radius 3 is 2.60 bits per heavy atom. The maximum Gasteiger partial charge on any atom is 0.168 e. The van der Waals surface area contributed by atoms with Gasteiger partial charge in [0.1, 0.15) is 0 Å². The SMILES string of the molecule is COc1cccnc1NC(C)C(C)(C)C. The van der Waals surface area contributed by atoms with Crippen molar-refractivity contribution in [2.45, 2.75) is 33.7 Å². The molecule has 0 aliphatic rings. The first-order chi connectivity index (χ1) is 6.95. The molecular formula is C12H20N2O. The molecule has 0 aliphatic carbocycles. The van der Waals surface area contributed by atoms with E-state index in [4.69, 9.17) is 4.74 Å². The lowest BCUT2D eigenvalue weighted by Crippen LogP contribution is -2.31. The molecular weight excluding hydrogens is 188 g/mol. The highest BCUT2D eigenvalue weighted by atomic mass is 16.5. The summed E-state index contributed by atoms with van der Waals surface area (Å²) in [5.74, 6) is 1.59. The van der Waals surface area contributed by atoms with E-state index < -0.39 is 0 Å². The largest absolute Gasteiger partial charge is 0.493 e. The van der Waals surface area contributed by atoms with E-state index in [1.54, 1.807) is 13.3 Å². The van der Waals surface area contributed by atoms with Crippen LogP contribution in [0, 0.1) is 5.41 Å². The van der Waals surface area contributed by atoms with Crippen molar-refractivity contribution in [1.29, 1.82) is 0 Å². The summed E-state index contributed by atoms with van der Waals surface area (Å²) in [4.78, 5) is 4.27. The third-order valence-electron chi connectivity index (χ3n) is 2.64. The van der Waals surface area contributed by atoms with Gasteiger partial charge in [-0.1, -0.05) is 20.8 Å². The molecule has 1 aromatic rings. The number of hydrogen-bond donors (Lipinski definition) is 1. The monoisotopic (exact) mass is 208 g/mol. The zero-order chi connectivity index (χ0) is 11.5. The number of pyridine rings is 1. The van der Waals surface area contributed by atoms with Crippen LogP contribution in [-0.2, 0) is 0 Å². The number of aromatic nitrogens is 1. The molecule has 1 rings (SSSR count). The van der Waals surface area contributed by atoms with Crippen LogP contribution in [0.2, 0.25) is 0 Å². The molecule has 1 heterocycles. The van der Waals surface area contributed by atoms with E-state index in [1.807, 2.05) is 12.1 Å². The summed E-state index contributed by atoms with van der Waals surface area (Å²) >= 11 is 0. The molecule has 84 valence electrons. The number of methoxy groups -OCH3 is 1. The van der Waals surface area contributed by atoms with Gasteiger partial charge in [-0.2, -0.15) is 0 Å². The van der Waals surface area contributed by atoms with E-state index in [0.29, 0.717) is 6.04 Å². The van der Waals surface area contributed by atoms with Crippen LogP contribution in [-0.4, -0.2) is 18.1 Å². The van der Waals surface area contributed by atoms with Crippen molar-refractivity contribution in [2.75, 3.05) is 12.4 Å². The summed E-state index contributed by atoms with van der Waals surface area (Å²) in [5, 5.41) is 3.37. The van der Waals surface area contributed by atoms with Crippen molar-refractivity contribution in [3.8, 4) is 5.75 Å². The Bertz CT molecular complexity index is 318. The van der Waals surface area contributed by atoms with Crippen LogP contribution in [0.5, 0.6) is 5.75 Å². The second kappa shape index (κ2) is 4.51. The number of hydrogen-bond acceptors (Lipinski definition) is 3. The molecule has 0 bridgehead atoms. The molecule has 3 nitrogen and oxygen atoms in total. The zero-order valence-corrected chi connectivity index (χ0v) is 10.2. The first kappa shape index (κ1) is 11.8. The first-order valence-electron chi connectivity index (χ1n) is 5.20. The Kier molecular flexibility index (Phi) is 3.56. The van der Waals surface area contributed by atoms with Gasteiger partial charge in [-0.05, 0) is 24.5 Å². The Hall–Kier alpha value is -1.25. The number of nitrogens with one attached hydrogen (secondary N) is 1. The van der Waals surface area contributed by atoms with Crippen LogP contribution in [0.1, 0.15) is 27.7 Å². The van der Waals surface area contributed by atoms with Crippen molar-refractivity contribution in [1.82, 2.24) is 4.98 Å². The molecule has 1 N–H and O–H groups in total. The van der Waals surface area contributed by atoms with Crippen LogP contribution < -0.4 is 10.1 Å². The highest BCUT2D eigenvalue weighted by Crippen LogP contribution is 2.26. The molecule has 0 radical (unpaired) electrons. The molecule has 1 aromatic heterocycles. The van der Waals surface area contributed by atoms with E-state index in [0.717, 1.165) is 11.6 Å². The highest BCUT2D eigenvalue weighted by molar-refractivity contribution is 5.50. The molecule has 0 fully saturated rings. The summed E-state index contributed by atoms with van der Waals surface area (Å²) in [6.07, 6.45) is 1.76. The van der Waals surface area contributed by atoms with Crippen LogP contribution in [0.3, 0.4) is 0 Å². The normalized spacial score (nSPS) is 13.4. The van der Waals surface area contributed by atoms with Gasteiger partial charge in [0.2, 0.25) is 0 Å². The molecule has 3 heteroatoms. The second-order valence-corrected chi connectivity index (χ2v) is 4.79. The minimum Gasteiger partial charge on any atom is -0.493 e. The molecule has 0 aromatic carbocycles. The van der Waals surface area contributed by atoms with Gasteiger partial charge in [0, 0.05) is 12.2 Å². The van der Waals surface area contributed by atoms with Crippen molar-refractivity contribution < 1.29 is 4.74 Å². The lowest BCUT2D eigenvalue weighted by atomic mass is 9.88. The summed E-state index contributed by atoms with van der Waals surface area (Å²) in [6.45, 7) is 8.73. The van der Waals surface area contributed by atoms with E-state index >= 15 is 0 Å². The van der Waals surface area contributed by atoms with E-state index in [-0.39, 0.29) is 5.41 Å². The van der Waals surface area contributed by atoms with Gasteiger partial charge in [0.05, 0.1) is 7.11 Å². The maximum atomic E-state index is 5.23. The molecule has 1 unspecified atom stereocenters. The highest BCUT2D eigenvalue weighted by Gasteiger charge is 2.20. The molecule has 0 spiro atoms. The minimum absolute atomic E-state index is 0.197. The quantitative estimate of drug-likeness (QED) is 0.829. The Morgan fingerprint density at radius 1 is 1.40 bits per heavy atom. The van der Waals surface area contributed by atoms with E-state index in [1.165, 1.54) is 0 Å². The summed E-state index contributed by atoms with van der Waals surface area (Å²) < 4.78 is 5.23. The van der Waals surface area contributed by atoms with E-state index in [9.17, 15) is 0 Å². The molecule has 0 saturated carbocycles. The predicted molar refractivity (Wildman–Crippen MR) is 63.3 cm³/mol. The fraction of sp³-hybridized carbons (Fsp3) is 0.583. The molecule has 0 saturated heterocycles. The molecule has 1 atom stereocenters. The number of ether oxygens (including phenoxy) is 1. The van der Waals surface area contributed by atoms with Gasteiger partial charge in [0.25, 0.3) is 0 Å². The average molecular weight is 208 g/mol. The van der Waals surface area contributed by atoms with Crippen molar-refractivity contribution in [3.05, 3.63) is 18.3 Å². The summed E-state index contributed by atoms with van der Waals surface area (Å²) in [7, 11) is 1.66. The van der Waals surface area contributed by atoms with Crippen molar-refractivity contribution in [3.63, 3.8) is 0 Å². The lowest BCUT2D eigenvalue weighted by Gasteiger charge is -2.28. The molecule has 0 aliphatic heterocycles. The average Bonchev–Trinajstić information content (AvgIpc) is 2.17.